The molecule has 1 N–H and O–H groups in total. The maximum atomic E-state index is 13.4. The highest BCUT2D eigenvalue weighted by Gasteiger charge is 2.23. The monoisotopic (exact) mass is 468 g/mol. The molecule has 0 spiro atoms. The zero-order chi connectivity index (χ0) is 23.0. The molecule has 4 rings (SSSR count). The second-order valence-corrected chi connectivity index (χ2v) is 8.62. The summed E-state index contributed by atoms with van der Waals surface area (Å²) in [6, 6.07) is 18.9. The maximum absolute atomic E-state index is 13.4. The second-order valence-electron chi connectivity index (χ2n) is 7.71. The van der Waals surface area contributed by atoms with E-state index in [2.05, 4.69) is 4.72 Å². The molecule has 1 fully saturated rings. The highest BCUT2D eigenvalue weighted by atomic mass is 32.2. The fourth-order valence-corrected chi connectivity index (χ4v) is 4.24. The summed E-state index contributed by atoms with van der Waals surface area (Å²) in [5.41, 5.74) is 0.909. The molecular weight excluding hydrogens is 440 g/mol. The van der Waals surface area contributed by atoms with E-state index < -0.39 is 11.3 Å². The molecule has 0 saturated carbocycles. The lowest BCUT2D eigenvalue weighted by atomic mass is 10.1. The molecule has 0 aromatic heterocycles. The number of nitrogens with one attached hydrogen (secondary N) is 1. The molecule has 0 radical (unpaired) electrons. The highest BCUT2D eigenvalue weighted by Crippen LogP contribution is 2.33. The van der Waals surface area contributed by atoms with E-state index in [4.69, 9.17) is 13.7 Å². The van der Waals surface area contributed by atoms with Crippen LogP contribution >= 0.6 is 0 Å². The van der Waals surface area contributed by atoms with Crippen LogP contribution in [0, 0.1) is 0 Å². The van der Waals surface area contributed by atoms with E-state index in [9.17, 15) is 9.00 Å². The number of fused-ring (bicyclic) bond motifs is 1. The van der Waals surface area contributed by atoms with Gasteiger partial charge in [-0.2, -0.15) is 0 Å². The smallest absolute Gasteiger partial charge is 0.261 e. The van der Waals surface area contributed by atoms with Crippen LogP contribution in [0.4, 0.5) is 5.69 Å². The highest BCUT2D eigenvalue weighted by molar-refractivity contribution is 7.81. The van der Waals surface area contributed by atoms with Crippen LogP contribution in [0.5, 0.6) is 11.5 Å². The Kier molecular flexibility index (Phi) is 7.93. The van der Waals surface area contributed by atoms with E-state index in [1.807, 2.05) is 49.4 Å². The molecule has 33 heavy (non-hydrogen) atoms. The predicted octanol–water partition coefficient (Wildman–Crippen LogP) is 4.91. The minimum atomic E-state index is -1.70. The Balaban J connectivity index is 1.63. The molecule has 0 bridgehead atoms. The molecule has 1 saturated heterocycles. The number of benzene rings is 3. The molecule has 1 heterocycles. The van der Waals surface area contributed by atoms with Gasteiger partial charge in [0.25, 0.3) is 17.2 Å². The second kappa shape index (κ2) is 11.3. The number of morpholine rings is 1. The van der Waals surface area contributed by atoms with Gasteiger partial charge in [0.05, 0.1) is 25.4 Å². The Morgan fingerprint density at radius 1 is 1.06 bits per heavy atom. The first-order valence-electron chi connectivity index (χ1n) is 11.1. The van der Waals surface area contributed by atoms with Gasteiger partial charge in [-0.25, -0.2) is 4.21 Å². The Hall–Kier alpha value is -2.94. The summed E-state index contributed by atoms with van der Waals surface area (Å²) < 4.78 is 32.0. The van der Waals surface area contributed by atoms with Crippen LogP contribution in [0.1, 0.15) is 30.1 Å². The number of unbranched alkanes of at least 4 members (excludes halogenated alkanes) is 1. The number of nitrogens with zero attached hydrogens (tertiary/aromatic N) is 1. The van der Waals surface area contributed by atoms with Crippen molar-refractivity contribution in [2.45, 2.75) is 19.8 Å². The maximum Gasteiger partial charge on any atom is 0.261 e. The van der Waals surface area contributed by atoms with Crippen molar-refractivity contribution in [1.29, 1.82) is 0 Å². The molecule has 8 heteroatoms. The Labute approximate surface area is 196 Å². The lowest BCUT2D eigenvalue weighted by molar-refractivity contribution is 0.0301. The molecule has 7 nitrogen and oxygen atoms in total. The van der Waals surface area contributed by atoms with Crippen molar-refractivity contribution in [1.82, 2.24) is 4.90 Å². The normalized spacial score (nSPS) is 14.8. The average Bonchev–Trinajstić information content (AvgIpc) is 2.85. The SMILES string of the molecule is CCCCOS(=O)Nc1ccc(Oc2cccc3ccccc23)c(C(=O)N2CCOCC2)c1. The fraction of sp³-hybridized carbons (Fsp3) is 0.320. The van der Waals surface area contributed by atoms with Crippen LogP contribution < -0.4 is 9.46 Å². The van der Waals surface area contributed by atoms with Gasteiger partial charge in [0.2, 0.25) is 0 Å². The van der Waals surface area contributed by atoms with Crippen LogP contribution in [-0.2, 0) is 20.2 Å². The molecule has 1 aliphatic rings. The zero-order valence-electron chi connectivity index (χ0n) is 18.6. The van der Waals surface area contributed by atoms with Crippen molar-refractivity contribution >= 4 is 33.6 Å². The first-order chi connectivity index (χ1) is 16.2. The lowest BCUT2D eigenvalue weighted by Crippen LogP contribution is -2.40. The molecular formula is C25H28N2O5S. The van der Waals surface area contributed by atoms with Gasteiger partial charge in [-0.15, -0.1) is 0 Å². The standard InChI is InChI=1S/C25H28N2O5S/c1-2-3-15-31-33(29)26-20-11-12-24(22(18-20)25(28)27-13-16-30-17-14-27)32-23-10-6-8-19-7-4-5-9-21(19)23/h4-12,18,26H,2-3,13-17H2,1H3. The van der Waals surface area contributed by atoms with Gasteiger partial charge in [0.1, 0.15) is 11.5 Å². The Morgan fingerprint density at radius 2 is 1.85 bits per heavy atom. The van der Waals surface area contributed by atoms with Crippen molar-refractivity contribution < 1.29 is 22.7 Å². The summed E-state index contributed by atoms with van der Waals surface area (Å²) in [6.45, 7) is 4.46. The minimum absolute atomic E-state index is 0.158. The van der Waals surface area contributed by atoms with Crippen molar-refractivity contribution in [3.8, 4) is 11.5 Å². The third kappa shape index (κ3) is 5.90. The largest absolute Gasteiger partial charge is 0.456 e. The van der Waals surface area contributed by atoms with E-state index in [1.165, 1.54) is 0 Å². The van der Waals surface area contributed by atoms with Crippen LogP contribution in [0.2, 0.25) is 0 Å². The van der Waals surface area contributed by atoms with Gasteiger partial charge in [-0.1, -0.05) is 49.7 Å². The molecule has 3 aromatic carbocycles. The van der Waals surface area contributed by atoms with Gasteiger partial charge in [0.15, 0.2) is 0 Å². The van der Waals surface area contributed by atoms with E-state index in [0.717, 1.165) is 23.6 Å². The summed E-state index contributed by atoms with van der Waals surface area (Å²) in [5, 5.41) is 2.01. The zero-order valence-corrected chi connectivity index (χ0v) is 19.4. The van der Waals surface area contributed by atoms with Gasteiger partial charge in [-0.3, -0.25) is 13.7 Å². The Morgan fingerprint density at radius 3 is 2.67 bits per heavy atom. The van der Waals surface area contributed by atoms with Gasteiger partial charge < -0.3 is 14.4 Å². The summed E-state index contributed by atoms with van der Waals surface area (Å²) in [6.07, 6.45) is 1.78. The Bertz CT molecular complexity index is 1130. The van der Waals surface area contributed by atoms with Gasteiger partial charge >= 0.3 is 0 Å². The van der Waals surface area contributed by atoms with E-state index in [1.54, 1.807) is 23.1 Å². The molecule has 0 aliphatic carbocycles. The molecule has 1 amide bonds. The molecule has 174 valence electrons. The number of rotatable bonds is 9. The molecule has 1 unspecified atom stereocenters. The van der Waals surface area contributed by atoms with Crippen molar-refractivity contribution in [2.75, 3.05) is 37.6 Å². The summed E-state index contributed by atoms with van der Waals surface area (Å²) >= 11 is -1.70. The lowest BCUT2D eigenvalue weighted by Gasteiger charge is -2.27. The number of amides is 1. The first-order valence-corrected chi connectivity index (χ1v) is 12.2. The number of carbonyl (C=O) groups is 1. The quantitative estimate of drug-likeness (QED) is 0.452. The van der Waals surface area contributed by atoms with Crippen molar-refractivity contribution in [3.05, 3.63) is 66.2 Å². The average molecular weight is 469 g/mol. The minimum Gasteiger partial charge on any atom is -0.456 e. The van der Waals surface area contributed by atoms with Crippen LogP contribution in [0.15, 0.2) is 60.7 Å². The van der Waals surface area contributed by atoms with Crippen LogP contribution in [0.3, 0.4) is 0 Å². The summed E-state index contributed by atoms with van der Waals surface area (Å²) in [7, 11) is 0. The molecule has 1 aliphatic heterocycles. The number of hydrogen-bond acceptors (Lipinski definition) is 5. The fourth-order valence-electron chi connectivity index (χ4n) is 3.59. The van der Waals surface area contributed by atoms with Crippen LogP contribution in [-0.4, -0.2) is 47.9 Å². The van der Waals surface area contributed by atoms with Gasteiger partial charge in [0, 0.05) is 24.2 Å². The van der Waals surface area contributed by atoms with Crippen LogP contribution in [0.25, 0.3) is 10.8 Å². The molecule has 1 atom stereocenters. The van der Waals surface area contributed by atoms with E-state index >= 15 is 0 Å². The number of ether oxygens (including phenoxy) is 2. The number of carbonyl (C=O) groups excluding carboxylic acids is 1. The summed E-state index contributed by atoms with van der Waals surface area (Å²) in [4.78, 5) is 15.1. The van der Waals surface area contributed by atoms with Gasteiger partial charge in [-0.05, 0) is 36.1 Å². The van der Waals surface area contributed by atoms with E-state index in [0.29, 0.717) is 55.7 Å². The first kappa shape index (κ1) is 23.2. The summed E-state index contributed by atoms with van der Waals surface area (Å²) in [5.74, 6) is 0.942. The van der Waals surface area contributed by atoms with Crippen molar-refractivity contribution in [2.24, 2.45) is 0 Å². The third-order valence-corrected chi connectivity index (χ3v) is 6.15. The molecule has 3 aromatic rings. The number of anilines is 1. The van der Waals surface area contributed by atoms with E-state index in [-0.39, 0.29) is 5.91 Å². The number of hydrogen-bond donors (Lipinski definition) is 1. The van der Waals surface area contributed by atoms with Crippen molar-refractivity contribution in [3.63, 3.8) is 0 Å². The predicted molar refractivity (Wildman–Crippen MR) is 130 cm³/mol. The topological polar surface area (TPSA) is 77.1 Å². The third-order valence-electron chi connectivity index (χ3n) is 5.37.